The zero-order valence-electron chi connectivity index (χ0n) is 18.7. The highest BCUT2D eigenvalue weighted by molar-refractivity contribution is 5.87. The minimum Gasteiger partial charge on any atom is -0.497 e. The average Bonchev–Trinajstić information content (AvgIpc) is 3.30. The topological polar surface area (TPSA) is 89.7 Å². The third-order valence-electron chi connectivity index (χ3n) is 5.49. The standard InChI is InChI=1S/C24H25FN4O4/c1-15-20(23-27-22(28-33-23)17-8-4-9-18(25)13-17)21(16-7-5-10-19(14-16)32-3)26-24(30)29(15)11-6-12-31-2/h4-5,7-10,13-14,21H,6,11-12H2,1-3H3,(H,26,30). The Morgan fingerprint density at radius 2 is 2.00 bits per heavy atom. The number of amides is 2. The van der Waals surface area contributed by atoms with Crippen molar-refractivity contribution in [2.24, 2.45) is 0 Å². The number of allylic oxidation sites excluding steroid dienone is 1. The number of rotatable bonds is 8. The first kappa shape index (κ1) is 22.5. The summed E-state index contributed by atoms with van der Waals surface area (Å²) in [4.78, 5) is 19.1. The maximum atomic E-state index is 13.7. The monoisotopic (exact) mass is 452 g/mol. The Hall–Kier alpha value is -3.72. The molecule has 0 radical (unpaired) electrons. The molecule has 3 aromatic rings. The van der Waals surface area contributed by atoms with Crippen LogP contribution in [-0.4, -0.2) is 48.4 Å². The molecule has 0 bridgehead atoms. The molecule has 1 N–H and O–H groups in total. The van der Waals surface area contributed by atoms with E-state index < -0.39 is 11.9 Å². The number of hydrogen-bond acceptors (Lipinski definition) is 6. The summed E-state index contributed by atoms with van der Waals surface area (Å²) in [6, 6.07) is 12.6. The lowest BCUT2D eigenvalue weighted by Crippen LogP contribution is -2.46. The largest absolute Gasteiger partial charge is 0.497 e. The molecule has 0 saturated heterocycles. The molecule has 2 heterocycles. The van der Waals surface area contributed by atoms with E-state index in [0.29, 0.717) is 42.2 Å². The van der Waals surface area contributed by atoms with Crippen LogP contribution < -0.4 is 10.1 Å². The van der Waals surface area contributed by atoms with Crippen LogP contribution in [0, 0.1) is 5.82 Å². The Morgan fingerprint density at radius 1 is 1.18 bits per heavy atom. The number of urea groups is 1. The number of nitrogens with zero attached hydrogens (tertiary/aromatic N) is 3. The molecule has 1 unspecified atom stereocenters. The first-order chi connectivity index (χ1) is 16.0. The smallest absolute Gasteiger partial charge is 0.322 e. The number of halogens is 1. The second kappa shape index (κ2) is 9.83. The maximum Gasteiger partial charge on any atom is 0.322 e. The molecule has 8 nitrogen and oxygen atoms in total. The molecule has 0 fully saturated rings. The van der Waals surface area contributed by atoms with Crippen molar-refractivity contribution in [3.8, 4) is 17.1 Å². The molecule has 1 aromatic heterocycles. The van der Waals surface area contributed by atoms with Crippen LogP contribution in [0.1, 0.15) is 30.8 Å². The first-order valence-corrected chi connectivity index (χ1v) is 10.5. The number of ether oxygens (including phenoxy) is 2. The summed E-state index contributed by atoms with van der Waals surface area (Å²) < 4.78 is 29.8. The van der Waals surface area contributed by atoms with Crippen LogP contribution in [0.5, 0.6) is 5.75 Å². The van der Waals surface area contributed by atoms with Crippen LogP contribution in [-0.2, 0) is 4.74 Å². The predicted octanol–water partition coefficient (Wildman–Crippen LogP) is 4.42. The summed E-state index contributed by atoms with van der Waals surface area (Å²) >= 11 is 0. The zero-order valence-corrected chi connectivity index (χ0v) is 18.7. The Balaban J connectivity index is 1.78. The van der Waals surface area contributed by atoms with E-state index in [9.17, 15) is 9.18 Å². The van der Waals surface area contributed by atoms with E-state index >= 15 is 0 Å². The van der Waals surface area contributed by atoms with E-state index in [1.165, 1.54) is 12.1 Å². The molecule has 9 heteroatoms. The quantitative estimate of drug-likeness (QED) is 0.509. The number of nitrogens with one attached hydrogen (secondary N) is 1. The number of hydrogen-bond donors (Lipinski definition) is 1. The Morgan fingerprint density at radius 3 is 2.76 bits per heavy atom. The molecule has 172 valence electrons. The van der Waals surface area contributed by atoms with E-state index in [-0.39, 0.29) is 17.7 Å². The summed E-state index contributed by atoms with van der Waals surface area (Å²) in [7, 11) is 3.21. The van der Waals surface area contributed by atoms with Crippen molar-refractivity contribution in [1.29, 1.82) is 0 Å². The second-order valence-corrected chi connectivity index (χ2v) is 7.59. The van der Waals surface area contributed by atoms with Gasteiger partial charge in [0.2, 0.25) is 5.82 Å². The van der Waals surface area contributed by atoms with Crippen molar-refractivity contribution in [3.63, 3.8) is 0 Å². The summed E-state index contributed by atoms with van der Waals surface area (Å²) in [5, 5.41) is 7.10. The first-order valence-electron chi connectivity index (χ1n) is 10.5. The number of carbonyl (C=O) groups excluding carboxylic acids is 1. The fraction of sp³-hybridized carbons (Fsp3) is 0.292. The van der Waals surface area contributed by atoms with Gasteiger partial charge in [-0.15, -0.1) is 0 Å². The molecule has 1 atom stereocenters. The van der Waals surface area contributed by atoms with Crippen LogP contribution in [0.15, 0.2) is 58.8 Å². The van der Waals surface area contributed by atoms with Crippen molar-refractivity contribution in [1.82, 2.24) is 20.4 Å². The summed E-state index contributed by atoms with van der Waals surface area (Å²) in [6.45, 7) is 2.83. The normalized spacial score (nSPS) is 16.2. The van der Waals surface area contributed by atoms with Gasteiger partial charge in [-0.3, -0.25) is 4.90 Å². The van der Waals surface area contributed by atoms with Crippen molar-refractivity contribution >= 4 is 11.6 Å². The molecular weight excluding hydrogens is 427 g/mol. The number of benzene rings is 2. The van der Waals surface area contributed by atoms with Gasteiger partial charge in [0.15, 0.2) is 0 Å². The van der Waals surface area contributed by atoms with Gasteiger partial charge in [-0.2, -0.15) is 4.98 Å². The molecule has 2 amide bonds. The molecule has 2 aromatic carbocycles. The number of aromatic nitrogens is 2. The molecule has 33 heavy (non-hydrogen) atoms. The minimum absolute atomic E-state index is 0.231. The Labute approximate surface area is 191 Å². The van der Waals surface area contributed by atoms with Crippen LogP contribution >= 0.6 is 0 Å². The van der Waals surface area contributed by atoms with E-state index in [2.05, 4.69) is 15.5 Å². The van der Waals surface area contributed by atoms with E-state index in [1.54, 1.807) is 31.3 Å². The molecule has 0 saturated carbocycles. The SMILES string of the molecule is COCCCN1C(=O)NC(c2cccc(OC)c2)C(c2nc(-c3cccc(F)c3)no2)=C1C. The van der Waals surface area contributed by atoms with Crippen molar-refractivity contribution in [2.45, 2.75) is 19.4 Å². The molecule has 0 spiro atoms. The highest BCUT2D eigenvalue weighted by Crippen LogP contribution is 2.38. The summed E-state index contributed by atoms with van der Waals surface area (Å²) in [6.07, 6.45) is 0.663. The van der Waals surface area contributed by atoms with Gasteiger partial charge in [-0.1, -0.05) is 29.4 Å². The Bertz CT molecular complexity index is 1180. The van der Waals surface area contributed by atoms with Gasteiger partial charge in [0.1, 0.15) is 11.6 Å². The fourth-order valence-corrected chi connectivity index (χ4v) is 3.84. The molecular formula is C24H25FN4O4. The van der Waals surface area contributed by atoms with Crippen LogP contribution in [0.2, 0.25) is 0 Å². The molecule has 4 rings (SSSR count). The summed E-state index contributed by atoms with van der Waals surface area (Å²) in [5.41, 5.74) is 2.66. The fourth-order valence-electron chi connectivity index (χ4n) is 3.84. The third-order valence-corrected chi connectivity index (χ3v) is 5.49. The number of methoxy groups -OCH3 is 2. The highest BCUT2D eigenvalue weighted by Gasteiger charge is 2.35. The third kappa shape index (κ3) is 4.73. The van der Waals surface area contributed by atoms with Crippen molar-refractivity contribution < 1.29 is 23.2 Å². The lowest BCUT2D eigenvalue weighted by atomic mass is 9.94. The minimum atomic E-state index is -0.535. The summed E-state index contributed by atoms with van der Waals surface area (Å²) in [5.74, 6) is 0.776. The van der Waals surface area contributed by atoms with Gasteiger partial charge in [0.05, 0.1) is 18.7 Å². The molecule has 0 aliphatic carbocycles. The Kier molecular flexibility index (Phi) is 6.69. The molecule has 1 aliphatic rings. The van der Waals surface area contributed by atoms with Crippen LogP contribution in [0.25, 0.3) is 17.0 Å². The average molecular weight is 452 g/mol. The lowest BCUT2D eigenvalue weighted by Gasteiger charge is -2.35. The van der Waals surface area contributed by atoms with E-state index in [4.69, 9.17) is 14.0 Å². The molecule has 1 aliphatic heterocycles. The van der Waals surface area contributed by atoms with Gasteiger partial charge in [-0.25, -0.2) is 9.18 Å². The maximum absolute atomic E-state index is 13.7. The van der Waals surface area contributed by atoms with Gasteiger partial charge in [-0.05, 0) is 43.2 Å². The second-order valence-electron chi connectivity index (χ2n) is 7.59. The van der Waals surface area contributed by atoms with Gasteiger partial charge < -0.3 is 19.3 Å². The number of carbonyl (C=O) groups is 1. The van der Waals surface area contributed by atoms with Gasteiger partial charge in [0.25, 0.3) is 5.89 Å². The van der Waals surface area contributed by atoms with Crippen molar-refractivity contribution in [3.05, 3.63) is 71.5 Å². The zero-order chi connectivity index (χ0) is 23.4. The van der Waals surface area contributed by atoms with E-state index in [0.717, 1.165) is 5.56 Å². The van der Waals surface area contributed by atoms with Crippen LogP contribution in [0.3, 0.4) is 0 Å². The predicted molar refractivity (Wildman–Crippen MR) is 120 cm³/mol. The van der Waals surface area contributed by atoms with Gasteiger partial charge >= 0.3 is 6.03 Å². The lowest BCUT2D eigenvalue weighted by molar-refractivity contribution is 0.174. The van der Waals surface area contributed by atoms with Crippen molar-refractivity contribution in [2.75, 3.05) is 27.4 Å². The van der Waals surface area contributed by atoms with Crippen LogP contribution in [0.4, 0.5) is 9.18 Å². The van der Waals surface area contributed by atoms with E-state index in [1.807, 2.05) is 31.2 Å². The van der Waals surface area contributed by atoms with Gasteiger partial charge in [0, 0.05) is 31.5 Å². The highest BCUT2D eigenvalue weighted by atomic mass is 19.1.